The minimum atomic E-state index is 0.0221. The second kappa shape index (κ2) is 8.19. The number of nitrogens with one attached hydrogen (secondary N) is 1. The van der Waals surface area contributed by atoms with Crippen LogP contribution in [0.25, 0.3) is 10.7 Å². The van der Waals surface area contributed by atoms with Crippen molar-refractivity contribution in [1.29, 1.82) is 0 Å². The average Bonchev–Trinajstić information content (AvgIpc) is 3.12. The smallest absolute Gasteiger partial charge is 0.223 e. The first-order valence-corrected chi connectivity index (χ1v) is 10.3. The zero-order chi connectivity index (χ0) is 18.6. The van der Waals surface area contributed by atoms with Gasteiger partial charge in [-0.15, -0.1) is 11.3 Å². The van der Waals surface area contributed by atoms with E-state index in [2.05, 4.69) is 10.3 Å². The van der Waals surface area contributed by atoms with Crippen LogP contribution in [0.4, 0.5) is 0 Å². The number of nitrogens with zero attached hydrogens (tertiary/aromatic N) is 2. The summed E-state index contributed by atoms with van der Waals surface area (Å²) in [7, 11) is 0. The number of amides is 1. The van der Waals surface area contributed by atoms with Crippen molar-refractivity contribution >= 4 is 28.8 Å². The van der Waals surface area contributed by atoms with Crippen molar-refractivity contribution in [2.75, 3.05) is 6.54 Å². The van der Waals surface area contributed by atoms with Crippen LogP contribution in [-0.2, 0) is 24.1 Å². The number of pyridine rings is 1. The highest BCUT2D eigenvalue weighted by Gasteiger charge is 2.27. The molecule has 2 heterocycles. The molecule has 0 aliphatic heterocycles. The van der Waals surface area contributed by atoms with Gasteiger partial charge in [-0.05, 0) is 55.5 Å². The van der Waals surface area contributed by atoms with E-state index >= 15 is 0 Å². The molecule has 1 aliphatic rings. The van der Waals surface area contributed by atoms with E-state index in [0.717, 1.165) is 52.7 Å². The number of halogens is 1. The minimum Gasteiger partial charge on any atom is -0.356 e. The molecule has 1 aromatic carbocycles. The predicted octanol–water partition coefficient (Wildman–Crippen LogP) is 4.32. The molecule has 1 amide bonds. The number of carbonyl (C=O) groups excluding carboxylic acids is 1. The quantitative estimate of drug-likeness (QED) is 0.697. The van der Waals surface area contributed by atoms with E-state index in [-0.39, 0.29) is 11.8 Å². The molecule has 0 fully saturated rings. The summed E-state index contributed by atoms with van der Waals surface area (Å²) in [5.74, 6) is 0.157. The molecule has 1 unspecified atom stereocenters. The van der Waals surface area contributed by atoms with E-state index < -0.39 is 0 Å². The molecule has 1 aliphatic carbocycles. The fourth-order valence-corrected chi connectivity index (χ4v) is 4.74. The van der Waals surface area contributed by atoms with Gasteiger partial charge < -0.3 is 5.32 Å². The second-order valence-electron chi connectivity index (χ2n) is 6.71. The van der Waals surface area contributed by atoms with Crippen LogP contribution >= 0.6 is 22.9 Å². The van der Waals surface area contributed by atoms with Crippen molar-refractivity contribution in [2.24, 2.45) is 5.92 Å². The van der Waals surface area contributed by atoms with Crippen LogP contribution < -0.4 is 5.32 Å². The van der Waals surface area contributed by atoms with Gasteiger partial charge in [-0.1, -0.05) is 29.8 Å². The molecular weight excluding hydrogens is 378 g/mol. The van der Waals surface area contributed by atoms with Crippen molar-refractivity contribution in [3.8, 4) is 10.7 Å². The standard InChI is InChI=1S/C21H20ClN3OS/c22-16-5-3-4-14(12-16)9-11-24-20(26)15-7-8-17-19(13-15)27-21(25-17)18-6-1-2-10-23-18/h1-6,10,12,15H,7-9,11,13H2,(H,24,26). The molecule has 27 heavy (non-hydrogen) atoms. The van der Waals surface area contributed by atoms with Gasteiger partial charge in [0, 0.05) is 28.6 Å². The maximum Gasteiger partial charge on any atom is 0.223 e. The van der Waals surface area contributed by atoms with Crippen molar-refractivity contribution in [2.45, 2.75) is 25.7 Å². The van der Waals surface area contributed by atoms with E-state index in [4.69, 9.17) is 16.6 Å². The summed E-state index contributed by atoms with van der Waals surface area (Å²) in [6, 6.07) is 13.6. The highest BCUT2D eigenvalue weighted by molar-refractivity contribution is 7.15. The molecule has 1 N–H and O–H groups in total. The van der Waals surface area contributed by atoms with Crippen LogP contribution in [0.3, 0.4) is 0 Å². The summed E-state index contributed by atoms with van der Waals surface area (Å²) < 4.78 is 0. The molecule has 0 saturated heterocycles. The van der Waals surface area contributed by atoms with Gasteiger partial charge in [0.2, 0.25) is 5.91 Å². The Hall–Kier alpha value is -2.24. The lowest BCUT2D eigenvalue weighted by atomic mass is 9.90. The van der Waals surface area contributed by atoms with Crippen LogP contribution in [0.5, 0.6) is 0 Å². The lowest BCUT2D eigenvalue weighted by Crippen LogP contribution is -2.35. The summed E-state index contributed by atoms with van der Waals surface area (Å²) >= 11 is 7.67. The van der Waals surface area contributed by atoms with Gasteiger partial charge in [0.05, 0.1) is 11.4 Å². The Bertz CT molecular complexity index is 942. The van der Waals surface area contributed by atoms with Gasteiger partial charge in [0.25, 0.3) is 0 Å². The van der Waals surface area contributed by atoms with Crippen LogP contribution in [-0.4, -0.2) is 22.4 Å². The Morgan fingerprint density at radius 3 is 3.00 bits per heavy atom. The topological polar surface area (TPSA) is 54.9 Å². The van der Waals surface area contributed by atoms with Crippen LogP contribution in [0, 0.1) is 5.92 Å². The van der Waals surface area contributed by atoms with E-state index in [0.29, 0.717) is 6.54 Å². The van der Waals surface area contributed by atoms with Gasteiger partial charge in [0.15, 0.2) is 0 Å². The molecule has 0 spiro atoms. The number of hydrogen-bond acceptors (Lipinski definition) is 4. The molecule has 138 valence electrons. The number of benzene rings is 1. The molecule has 3 aromatic rings. The Morgan fingerprint density at radius 1 is 1.26 bits per heavy atom. The summed E-state index contributed by atoms with van der Waals surface area (Å²) in [5.41, 5.74) is 3.17. The molecule has 6 heteroatoms. The van der Waals surface area contributed by atoms with Gasteiger partial charge in [-0.2, -0.15) is 0 Å². The number of aromatic nitrogens is 2. The van der Waals surface area contributed by atoms with Crippen molar-refractivity contribution in [3.63, 3.8) is 0 Å². The summed E-state index contributed by atoms with van der Waals surface area (Å²) in [6.45, 7) is 0.629. The maximum atomic E-state index is 12.6. The minimum absolute atomic E-state index is 0.0221. The van der Waals surface area contributed by atoms with Gasteiger partial charge in [-0.25, -0.2) is 4.98 Å². The molecule has 0 radical (unpaired) electrons. The first-order chi connectivity index (χ1) is 13.2. The fourth-order valence-electron chi connectivity index (χ4n) is 3.36. The second-order valence-corrected chi connectivity index (χ2v) is 8.23. The molecule has 4 nitrogen and oxygen atoms in total. The molecule has 0 saturated carbocycles. The van der Waals surface area contributed by atoms with Gasteiger partial charge in [-0.3, -0.25) is 9.78 Å². The SMILES string of the molecule is O=C(NCCc1cccc(Cl)c1)C1CCc2nc(-c3ccccn3)sc2C1. The van der Waals surface area contributed by atoms with Crippen LogP contribution in [0.1, 0.15) is 22.6 Å². The van der Waals surface area contributed by atoms with Gasteiger partial charge >= 0.3 is 0 Å². The first kappa shape index (κ1) is 18.1. The van der Waals surface area contributed by atoms with E-state index in [1.54, 1.807) is 17.5 Å². The van der Waals surface area contributed by atoms with E-state index in [1.807, 2.05) is 42.5 Å². The number of fused-ring (bicyclic) bond motifs is 1. The zero-order valence-electron chi connectivity index (χ0n) is 14.8. The highest BCUT2D eigenvalue weighted by atomic mass is 35.5. The number of thiazole rings is 1. The Morgan fingerprint density at radius 2 is 2.19 bits per heavy atom. The van der Waals surface area contributed by atoms with Gasteiger partial charge in [0.1, 0.15) is 5.01 Å². The lowest BCUT2D eigenvalue weighted by Gasteiger charge is -2.20. The number of aryl methyl sites for hydroxylation is 1. The predicted molar refractivity (Wildman–Crippen MR) is 109 cm³/mol. The Kier molecular flexibility index (Phi) is 5.50. The highest BCUT2D eigenvalue weighted by Crippen LogP contribution is 2.34. The third-order valence-electron chi connectivity index (χ3n) is 4.80. The monoisotopic (exact) mass is 397 g/mol. The number of hydrogen-bond donors (Lipinski definition) is 1. The molecular formula is C21H20ClN3OS. The van der Waals surface area contributed by atoms with Crippen molar-refractivity contribution in [3.05, 3.63) is 69.8 Å². The zero-order valence-corrected chi connectivity index (χ0v) is 16.4. The van der Waals surface area contributed by atoms with Crippen LogP contribution in [0.2, 0.25) is 5.02 Å². The maximum absolute atomic E-state index is 12.6. The number of rotatable bonds is 5. The Balaban J connectivity index is 1.35. The molecule has 2 aromatic heterocycles. The van der Waals surface area contributed by atoms with E-state index in [1.165, 1.54) is 4.88 Å². The first-order valence-electron chi connectivity index (χ1n) is 9.11. The van der Waals surface area contributed by atoms with Crippen molar-refractivity contribution < 1.29 is 4.79 Å². The molecule has 0 bridgehead atoms. The van der Waals surface area contributed by atoms with E-state index in [9.17, 15) is 4.79 Å². The third-order valence-corrected chi connectivity index (χ3v) is 6.17. The molecule has 4 rings (SSSR count). The summed E-state index contributed by atoms with van der Waals surface area (Å²) in [4.78, 5) is 22.9. The average molecular weight is 398 g/mol. The summed E-state index contributed by atoms with van der Waals surface area (Å²) in [6.07, 6.45) is 5.04. The lowest BCUT2D eigenvalue weighted by molar-refractivity contribution is -0.125. The fraction of sp³-hybridized carbons (Fsp3) is 0.286. The Labute approximate surface area is 167 Å². The normalized spacial score (nSPS) is 16.0. The largest absolute Gasteiger partial charge is 0.356 e. The molecule has 1 atom stereocenters. The summed E-state index contributed by atoms with van der Waals surface area (Å²) in [5, 5.41) is 4.76. The van der Waals surface area contributed by atoms with Crippen molar-refractivity contribution in [1.82, 2.24) is 15.3 Å². The third kappa shape index (κ3) is 4.37. The number of carbonyl (C=O) groups is 1. The van der Waals surface area contributed by atoms with Crippen LogP contribution in [0.15, 0.2) is 48.7 Å².